The lowest BCUT2D eigenvalue weighted by Gasteiger charge is -2.26. The molecule has 178 valence electrons. The minimum absolute atomic E-state index is 0.276. The molecule has 2 aromatic carbocycles. The third kappa shape index (κ3) is 4.85. The van der Waals surface area contributed by atoms with Gasteiger partial charge in [0.15, 0.2) is 10.8 Å². The molecule has 4 heterocycles. The van der Waals surface area contributed by atoms with Gasteiger partial charge in [0.25, 0.3) is 0 Å². The van der Waals surface area contributed by atoms with Crippen molar-refractivity contribution in [1.82, 2.24) is 29.7 Å². The molecule has 0 atom stereocenters. The number of nitrogens with one attached hydrogen (secondary N) is 1. The number of nitrogens with zero attached hydrogens (tertiary/aromatic N) is 6. The number of ether oxygens (including phenoxy) is 1. The van der Waals surface area contributed by atoms with Gasteiger partial charge in [-0.1, -0.05) is 17.4 Å². The van der Waals surface area contributed by atoms with Crippen LogP contribution in [0.1, 0.15) is 0 Å². The van der Waals surface area contributed by atoms with Crippen LogP contribution in [-0.4, -0.2) is 69.1 Å². The second-order valence-corrected chi connectivity index (χ2v) is 10.1. The highest BCUT2D eigenvalue weighted by Crippen LogP contribution is 2.36. The van der Waals surface area contributed by atoms with Crippen LogP contribution in [0.15, 0.2) is 64.6 Å². The van der Waals surface area contributed by atoms with Gasteiger partial charge < -0.3 is 10.1 Å². The lowest BCUT2D eigenvalue weighted by Crippen LogP contribution is -2.38. The molecule has 5 aromatic rings. The van der Waals surface area contributed by atoms with Crippen molar-refractivity contribution in [3.05, 3.63) is 60.4 Å². The molecule has 6 rings (SSSR count). The fourth-order valence-corrected chi connectivity index (χ4v) is 5.81. The number of para-hydroxylation sites is 1. The van der Waals surface area contributed by atoms with Crippen molar-refractivity contribution in [3.63, 3.8) is 0 Å². The molecule has 1 aliphatic rings. The summed E-state index contributed by atoms with van der Waals surface area (Å²) in [4.78, 5) is 8.25. The first-order chi connectivity index (χ1) is 17.2. The van der Waals surface area contributed by atoms with Crippen molar-refractivity contribution in [3.8, 4) is 11.3 Å². The highest BCUT2D eigenvalue weighted by atomic mass is 32.2. The van der Waals surface area contributed by atoms with Crippen molar-refractivity contribution in [2.75, 3.05) is 44.7 Å². The van der Waals surface area contributed by atoms with E-state index in [-0.39, 0.29) is 5.82 Å². The Bertz CT molecular complexity index is 1460. The molecule has 1 saturated heterocycles. The van der Waals surface area contributed by atoms with E-state index in [9.17, 15) is 4.39 Å². The first-order valence-electron chi connectivity index (χ1n) is 11.3. The number of anilines is 1. The molecule has 0 radical (unpaired) electrons. The van der Waals surface area contributed by atoms with E-state index in [1.54, 1.807) is 28.0 Å². The average molecular weight is 508 g/mol. The van der Waals surface area contributed by atoms with Crippen LogP contribution in [0.4, 0.5) is 9.52 Å². The van der Waals surface area contributed by atoms with Gasteiger partial charge in [0.05, 0.1) is 29.1 Å². The molecule has 1 N–H and O–H groups in total. The summed E-state index contributed by atoms with van der Waals surface area (Å²) >= 11 is 3.13. The van der Waals surface area contributed by atoms with Crippen LogP contribution < -0.4 is 5.32 Å². The summed E-state index contributed by atoms with van der Waals surface area (Å²) in [5.41, 5.74) is 3.13. The fraction of sp³-hybridized carbons (Fsp3) is 0.250. The maximum absolute atomic E-state index is 13.3. The number of hydrogen-bond acceptors (Lipinski definition) is 9. The summed E-state index contributed by atoms with van der Waals surface area (Å²) in [6.45, 7) is 5.37. The topological polar surface area (TPSA) is 80.5 Å². The minimum atomic E-state index is -0.276. The van der Waals surface area contributed by atoms with E-state index in [1.807, 2.05) is 24.3 Å². The molecule has 1 fully saturated rings. The summed E-state index contributed by atoms with van der Waals surface area (Å²) in [5, 5.41) is 18.3. The van der Waals surface area contributed by atoms with Crippen LogP contribution in [0.3, 0.4) is 0 Å². The molecule has 35 heavy (non-hydrogen) atoms. The smallest absolute Gasteiger partial charge is 0.217 e. The van der Waals surface area contributed by atoms with Crippen LogP contribution in [0, 0.1) is 5.82 Å². The van der Waals surface area contributed by atoms with E-state index in [4.69, 9.17) is 14.8 Å². The van der Waals surface area contributed by atoms with Crippen LogP contribution in [0.5, 0.6) is 0 Å². The van der Waals surface area contributed by atoms with Gasteiger partial charge >= 0.3 is 0 Å². The zero-order valence-corrected chi connectivity index (χ0v) is 20.4. The molecule has 0 saturated carbocycles. The molecule has 0 bridgehead atoms. The summed E-state index contributed by atoms with van der Waals surface area (Å²) in [7, 11) is 0. The zero-order valence-electron chi connectivity index (χ0n) is 18.7. The van der Waals surface area contributed by atoms with Crippen molar-refractivity contribution in [2.24, 2.45) is 0 Å². The number of halogens is 1. The SMILES string of the molecule is Fc1ccc(-c2ccc3nnc(Sc4cccc5sc(NCCN6CCOCC6)nc45)n3n2)cc1. The third-order valence-corrected chi connectivity index (χ3v) is 7.73. The number of morpholine rings is 1. The molecule has 0 amide bonds. The van der Waals surface area contributed by atoms with E-state index in [0.717, 1.165) is 70.9 Å². The Hall–Kier alpha value is -3.12. The third-order valence-electron chi connectivity index (χ3n) is 5.77. The van der Waals surface area contributed by atoms with E-state index in [1.165, 1.54) is 23.9 Å². The summed E-state index contributed by atoms with van der Waals surface area (Å²) in [5.74, 6) is -0.276. The Labute approximate surface area is 209 Å². The van der Waals surface area contributed by atoms with E-state index < -0.39 is 0 Å². The second kappa shape index (κ2) is 9.86. The number of rotatable bonds is 7. The summed E-state index contributed by atoms with van der Waals surface area (Å²) in [6, 6.07) is 16.2. The number of aromatic nitrogens is 5. The second-order valence-electron chi connectivity index (χ2n) is 8.08. The Balaban J connectivity index is 1.23. The van der Waals surface area contributed by atoms with Gasteiger partial charge in [-0.05, 0) is 60.3 Å². The summed E-state index contributed by atoms with van der Waals surface area (Å²) < 4.78 is 21.6. The Kier molecular flexibility index (Phi) is 6.30. The molecular weight excluding hydrogens is 485 g/mol. The number of benzene rings is 2. The highest BCUT2D eigenvalue weighted by Gasteiger charge is 2.15. The molecular formula is C24H22FN7OS2. The molecule has 8 nitrogen and oxygen atoms in total. The average Bonchev–Trinajstić information content (AvgIpc) is 3.49. The predicted octanol–water partition coefficient (Wildman–Crippen LogP) is 4.44. The first kappa shape index (κ1) is 22.4. The molecule has 11 heteroatoms. The fourth-order valence-electron chi connectivity index (χ4n) is 3.93. The zero-order chi connectivity index (χ0) is 23.6. The maximum Gasteiger partial charge on any atom is 0.217 e. The van der Waals surface area contributed by atoms with Gasteiger partial charge in [-0.3, -0.25) is 4.90 Å². The number of thiazole rings is 1. The molecule has 0 spiro atoms. The Morgan fingerprint density at radius 2 is 1.89 bits per heavy atom. The molecule has 0 unspecified atom stereocenters. The van der Waals surface area contributed by atoms with Gasteiger partial charge in [-0.2, -0.15) is 9.61 Å². The van der Waals surface area contributed by atoms with E-state index in [2.05, 4.69) is 26.5 Å². The minimum Gasteiger partial charge on any atom is -0.379 e. The Morgan fingerprint density at radius 1 is 1.03 bits per heavy atom. The van der Waals surface area contributed by atoms with Gasteiger partial charge in [0.1, 0.15) is 5.82 Å². The van der Waals surface area contributed by atoms with Gasteiger partial charge in [0, 0.05) is 36.6 Å². The standard InChI is InChI=1S/C24H22FN7OS2/c25-17-6-4-16(5-7-17)18-8-9-21-28-29-24(32(21)30-18)35-20-3-1-2-19-22(20)27-23(34-19)26-10-11-31-12-14-33-15-13-31/h1-9H,10-15H2,(H,26,27). The van der Waals surface area contributed by atoms with E-state index >= 15 is 0 Å². The van der Waals surface area contributed by atoms with Gasteiger partial charge in [-0.15, -0.1) is 10.2 Å². The van der Waals surface area contributed by atoms with E-state index in [0.29, 0.717) is 10.8 Å². The van der Waals surface area contributed by atoms with Crippen molar-refractivity contribution in [2.45, 2.75) is 10.1 Å². The highest BCUT2D eigenvalue weighted by molar-refractivity contribution is 7.99. The molecule has 0 aliphatic carbocycles. The van der Waals surface area contributed by atoms with Crippen molar-refractivity contribution in [1.29, 1.82) is 0 Å². The van der Waals surface area contributed by atoms with Crippen LogP contribution in [0.2, 0.25) is 0 Å². The maximum atomic E-state index is 13.3. The van der Waals surface area contributed by atoms with Gasteiger partial charge in [0.2, 0.25) is 5.16 Å². The normalized spacial score (nSPS) is 14.7. The number of hydrogen-bond donors (Lipinski definition) is 1. The first-order valence-corrected chi connectivity index (χ1v) is 13.0. The summed E-state index contributed by atoms with van der Waals surface area (Å²) in [6.07, 6.45) is 0. The monoisotopic (exact) mass is 507 g/mol. The van der Waals surface area contributed by atoms with Crippen molar-refractivity contribution >= 4 is 44.1 Å². The largest absolute Gasteiger partial charge is 0.379 e. The van der Waals surface area contributed by atoms with Crippen LogP contribution >= 0.6 is 23.1 Å². The van der Waals surface area contributed by atoms with Crippen molar-refractivity contribution < 1.29 is 9.13 Å². The Morgan fingerprint density at radius 3 is 2.74 bits per heavy atom. The van der Waals surface area contributed by atoms with Crippen LogP contribution in [0.25, 0.3) is 27.1 Å². The van der Waals surface area contributed by atoms with Crippen LogP contribution in [-0.2, 0) is 4.74 Å². The molecule has 3 aromatic heterocycles. The lowest BCUT2D eigenvalue weighted by molar-refractivity contribution is 0.0398. The quantitative estimate of drug-likeness (QED) is 0.347. The number of fused-ring (bicyclic) bond motifs is 2. The van der Waals surface area contributed by atoms with Gasteiger partial charge in [-0.25, -0.2) is 9.37 Å². The predicted molar refractivity (Wildman–Crippen MR) is 136 cm³/mol. The molecule has 1 aliphatic heterocycles. The lowest BCUT2D eigenvalue weighted by atomic mass is 10.1.